The van der Waals surface area contributed by atoms with Crippen molar-refractivity contribution in [3.8, 4) is 0 Å². The minimum Gasteiger partial charge on any atom is -0.444 e. The summed E-state index contributed by atoms with van der Waals surface area (Å²) in [4.78, 5) is 30.6. The molecule has 2 aliphatic rings. The van der Waals surface area contributed by atoms with Crippen LogP contribution in [-0.2, 0) is 9.53 Å². The molecular formula is C25H40N4O4. The van der Waals surface area contributed by atoms with Gasteiger partial charge in [0.2, 0.25) is 5.91 Å². The van der Waals surface area contributed by atoms with Crippen LogP contribution in [0.5, 0.6) is 0 Å². The maximum Gasteiger partial charge on any atom is 0.410 e. The van der Waals surface area contributed by atoms with Gasteiger partial charge in [0, 0.05) is 50.6 Å². The van der Waals surface area contributed by atoms with E-state index in [2.05, 4.69) is 15.1 Å². The molecule has 0 radical (unpaired) electrons. The Morgan fingerprint density at radius 2 is 1.67 bits per heavy atom. The van der Waals surface area contributed by atoms with Crippen molar-refractivity contribution in [3.63, 3.8) is 0 Å². The molecule has 0 bridgehead atoms. The van der Waals surface area contributed by atoms with Crippen LogP contribution in [0.4, 0.5) is 16.2 Å². The van der Waals surface area contributed by atoms with Crippen molar-refractivity contribution in [2.24, 2.45) is 5.92 Å². The van der Waals surface area contributed by atoms with Crippen LogP contribution in [0, 0.1) is 5.92 Å². The molecule has 3 rings (SSSR count). The zero-order chi connectivity index (χ0) is 23.8. The number of piperazine rings is 1. The fraction of sp³-hybridized carbons (Fsp3) is 0.680. The average Bonchev–Trinajstić information content (AvgIpc) is 2.78. The summed E-state index contributed by atoms with van der Waals surface area (Å²) in [6.07, 6.45) is 3.23. The number of amides is 2. The van der Waals surface area contributed by atoms with Crippen molar-refractivity contribution in [3.05, 3.63) is 24.3 Å². The molecule has 0 spiro atoms. The first-order valence-corrected chi connectivity index (χ1v) is 12.2. The summed E-state index contributed by atoms with van der Waals surface area (Å²) in [5.41, 5.74) is 1.49. The molecule has 33 heavy (non-hydrogen) atoms. The number of carbonyl (C=O) groups is 2. The lowest BCUT2D eigenvalue weighted by Crippen LogP contribution is -2.47. The van der Waals surface area contributed by atoms with E-state index in [0.717, 1.165) is 64.3 Å². The molecule has 0 aliphatic carbocycles. The van der Waals surface area contributed by atoms with Gasteiger partial charge in [-0.25, -0.2) is 4.79 Å². The van der Waals surface area contributed by atoms with E-state index in [1.807, 2.05) is 49.9 Å². The van der Waals surface area contributed by atoms with E-state index in [1.165, 1.54) is 12.1 Å². The van der Waals surface area contributed by atoms with Gasteiger partial charge in [-0.1, -0.05) is 0 Å². The number of aliphatic hydroxyl groups excluding tert-OH is 1. The highest BCUT2D eigenvalue weighted by molar-refractivity contribution is 5.90. The highest BCUT2D eigenvalue weighted by Crippen LogP contribution is 2.24. The van der Waals surface area contributed by atoms with Crippen LogP contribution in [0.3, 0.4) is 0 Å². The lowest BCUT2D eigenvalue weighted by molar-refractivity contribution is -0.116. The zero-order valence-corrected chi connectivity index (χ0v) is 20.4. The third-order valence-electron chi connectivity index (χ3n) is 6.35. The van der Waals surface area contributed by atoms with E-state index < -0.39 is 5.60 Å². The van der Waals surface area contributed by atoms with E-state index in [0.29, 0.717) is 5.92 Å². The van der Waals surface area contributed by atoms with Crippen molar-refractivity contribution < 1.29 is 19.4 Å². The first-order chi connectivity index (χ1) is 15.7. The lowest BCUT2D eigenvalue weighted by atomic mass is 9.93. The molecule has 2 N–H and O–H groups in total. The highest BCUT2D eigenvalue weighted by Gasteiger charge is 2.27. The van der Waals surface area contributed by atoms with Crippen molar-refractivity contribution in [1.82, 2.24) is 9.80 Å². The molecule has 184 valence electrons. The van der Waals surface area contributed by atoms with Crippen LogP contribution < -0.4 is 10.2 Å². The maximum atomic E-state index is 12.2. The van der Waals surface area contributed by atoms with Gasteiger partial charge in [-0.2, -0.15) is 0 Å². The van der Waals surface area contributed by atoms with E-state index in [4.69, 9.17) is 9.84 Å². The second-order valence-corrected chi connectivity index (χ2v) is 10.1. The third-order valence-corrected chi connectivity index (χ3v) is 6.35. The summed E-state index contributed by atoms with van der Waals surface area (Å²) < 4.78 is 5.49. The van der Waals surface area contributed by atoms with Crippen LogP contribution in [-0.4, -0.2) is 84.9 Å². The van der Waals surface area contributed by atoms with Crippen LogP contribution in [0.15, 0.2) is 24.3 Å². The molecule has 0 saturated carbocycles. The molecule has 2 heterocycles. The topological polar surface area (TPSA) is 85.4 Å². The zero-order valence-electron chi connectivity index (χ0n) is 20.4. The number of ether oxygens (including phenoxy) is 1. The number of carbonyl (C=O) groups excluding carboxylic acids is 2. The monoisotopic (exact) mass is 460 g/mol. The quantitative estimate of drug-likeness (QED) is 0.650. The maximum absolute atomic E-state index is 12.2. The molecule has 8 heteroatoms. The predicted molar refractivity (Wildman–Crippen MR) is 131 cm³/mol. The SMILES string of the molecule is CC(C)(C)OC(=O)N1CCC(CCN2CCN(c3ccc(NC(=O)CCO)cc3)CC2)CC1. The van der Waals surface area contributed by atoms with E-state index >= 15 is 0 Å². The van der Waals surface area contributed by atoms with E-state index in [1.54, 1.807) is 0 Å². The Bertz CT molecular complexity index is 762. The lowest BCUT2D eigenvalue weighted by Gasteiger charge is -2.38. The van der Waals surface area contributed by atoms with Crippen LogP contribution in [0.25, 0.3) is 0 Å². The van der Waals surface area contributed by atoms with Gasteiger partial charge in [-0.05, 0) is 76.8 Å². The smallest absolute Gasteiger partial charge is 0.410 e. The molecule has 2 aliphatic heterocycles. The van der Waals surface area contributed by atoms with Crippen molar-refractivity contribution in [1.29, 1.82) is 0 Å². The number of benzene rings is 1. The second-order valence-electron chi connectivity index (χ2n) is 10.1. The average molecular weight is 461 g/mol. The Morgan fingerprint density at radius 1 is 1.03 bits per heavy atom. The number of hydrogen-bond donors (Lipinski definition) is 2. The summed E-state index contributed by atoms with van der Waals surface area (Å²) in [7, 11) is 0. The standard InChI is InChI=1S/C25H40N4O4/c1-25(2,3)33-24(32)29-13-9-20(10-14-29)8-12-27-15-17-28(18-16-27)22-6-4-21(5-7-22)26-23(31)11-19-30/h4-7,20,30H,8-19H2,1-3H3,(H,26,31). The van der Waals surface area contributed by atoms with Gasteiger partial charge in [-0.3, -0.25) is 9.69 Å². The summed E-state index contributed by atoms with van der Waals surface area (Å²) in [5.74, 6) is 0.504. The molecular weight excluding hydrogens is 420 g/mol. The number of aliphatic hydroxyl groups is 1. The van der Waals surface area contributed by atoms with Gasteiger partial charge in [0.15, 0.2) is 0 Å². The second kappa shape index (κ2) is 11.7. The molecule has 0 atom stereocenters. The molecule has 0 unspecified atom stereocenters. The molecule has 0 aromatic heterocycles. The van der Waals surface area contributed by atoms with E-state index in [-0.39, 0.29) is 25.0 Å². The summed E-state index contributed by atoms with van der Waals surface area (Å²) in [5, 5.41) is 11.6. The van der Waals surface area contributed by atoms with Crippen LogP contribution in [0.1, 0.15) is 46.5 Å². The molecule has 1 aromatic rings. The number of anilines is 2. The van der Waals surface area contributed by atoms with Gasteiger partial charge >= 0.3 is 6.09 Å². The summed E-state index contributed by atoms with van der Waals surface area (Å²) >= 11 is 0. The van der Waals surface area contributed by atoms with Gasteiger partial charge in [0.1, 0.15) is 5.60 Å². The number of nitrogens with zero attached hydrogens (tertiary/aromatic N) is 3. The van der Waals surface area contributed by atoms with Crippen molar-refractivity contribution >= 4 is 23.4 Å². The Kier molecular flexibility index (Phi) is 8.97. The molecule has 2 amide bonds. The summed E-state index contributed by atoms with van der Waals surface area (Å²) in [6.45, 7) is 12.4. The van der Waals surface area contributed by atoms with E-state index in [9.17, 15) is 9.59 Å². The molecule has 2 saturated heterocycles. The molecule has 1 aromatic carbocycles. The Morgan fingerprint density at radius 3 is 2.24 bits per heavy atom. The van der Waals surface area contributed by atoms with Crippen molar-refractivity contribution in [2.45, 2.75) is 52.1 Å². The van der Waals surface area contributed by atoms with Crippen LogP contribution in [0.2, 0.25) is 0 Å². The molecule has 8 nitrogen and oxygen atoms in total. The van der Waals surface area contributed by atoms with Gasteiger partial charge in [-0.15, -0.1) is 0 Å². The fourth-order valence-corrected chi connectivity index (χ4v) is 4.41. The minimum absolute atomic E-state index is 0.118. The number of nitrogens with one attached hydrogen (secondary N) is 1. The normalized spacial score (nSPS) is 18.3. The summed E-state index contributed by atoms with van der Waals surface area (Å²) in [6, 6.07) is 7.92. The third kappa shape index (κ3) is 8.19. The number of hydrogen-bond acceptors (Lipinski definition) is 6. The number of piperidine rings is 1. The first-order valence-electron chi connectivity index (χ1n) is 12.2. The predicted octanol–water partition coefficient (Wildman–Crippen LogP) is 3.17. The number of rotatable bonds is 7. The number of likely N-dealkylation sites (tertiary alicyclic amines) is 1. The van der Waals surface area contributed by atoms with Crippen molar-refractivity contribution in [2.75, 3.05) is 62.6 Å². The van der Waals surface area contributed by atoms with Crippen LogP contribution >= 0.6 is 0 Å². The Labute approximate surface area is 197 Å². The highest BCUT2D eigenvalue weighted by atomic mass is 16.6. The van der Waals surface area contributed by atoms with Gasteiger partial charge < -0.3 is 25.0 Å². The Hall–Kier alpha value is -2.32. The Balaban J connectivity index is 1.34. The first kappa shape index (κ1) is 25.3. The van der Waals surface area contributed by atoms with Gasteiger partial charge in [0.05, 0.1) is 13.0 Å². The fourth-order valence-electron chi connectivity index (χ4n) is 4.41. The molecule has 2 fully saturated rings. The van der Waals surface area contributed by atoms with Gasteiger partial charge in [0.25, 0.3) is 0 Å². The largest absolute Gasteiger partial charge is 0.444 e. The minimum atomic E-state index is -0.436.